The number of hydrogen-bond donors (Lipinski definition) is 2. The van der Waals surface area contributed by atoms with Gasteiger partial charge in [-0.3, -0.25) is 4.79 Å². The minimum Gasteiger partial charge on any atom is -0.481 e. The molecule has 1 aliphatic heterocycles. The lowest BCUT2D eigenvalue weighted by Gasteiger charge is -2.38. The van der Waals surface area contributed by atoms with Crippen molar-refractivity contribution in [2.24, 2.45) is 11.8 Å². The van der Waals surface area contributed by atoms with Crippen molar-refractivity contribution in [3.8, 4) is 0 Å². The predicted molar refractivity (Wildman–Crippen MR) is 95.7 cm³/mol. The van der Waals surface area contributed by atoms with Gasteiger partial charge in [-0.05, 0) is 24.0 Å². The highest BCUT2D eigenvalue weighted by Crippen LogP contribution is 2.25. The van der Waals surface area contributed by atoms with Gasteiger partial charge in [0.05, 0.1) is 5.92 Å². The van der Waals surface area contributed by atoms with E-state index < -0.39 is 29.9 Å². The molecule has 2 N–H and O–H groups in total. The highest BCUT2D eigenvalue weighted by Gasteiger charge is 2.37. The number of urea groups is 1. The van der Waals surface area contributed by atoms with Gasteiger partial charge in [0.25, 0.3) is 0 Å². The largest absolute Gasteiger partial charge is 0.481 e. The summed E-state index contributed by atoms with van der Waals surface area (Å²) >= 11 is 0. The fourth-order valence-corrected chi connectivity index (χ4v) is 3.28. The molecule has 0 unspecified atom stereocenters. The molecule has 7 heteroatoms. The van der Waals surface area contributed by atoms with Gasteiger partial charge in [0.2, 0.25) is 0 Å². The Morgan fingerprint density at radius 3 is 2.31 bits per heavy atom. The minimum absolute atomic E-state index is 0.0623. The van der Waals surface area contributed by atoms with Crippen LogP contribution >= 0.6 is 0 Å². The van der Waals surface area contributed by atoms with Gasteiger partial charge in [-0.25, -0.2) is 9.59 Å². The molecular formula is C19H26N2O5. The molecule has 0 fully saturated rings. The van der Waals surface area contributed by atoms with Crippen LogP contribution in [0, 0.1) is 11.8 Å². The predicted octanol–water partition coefficient (Wildman–Crippen LogP) is 2.30. The van der Waals surface area contributed by atoms with Crippen molar-refractivity contribution in [3.63, 3.8) is 0 Å². The molecule has 0 bridgehead atoms. The SMILES string of the molecule is CCN(C[C@H](C(=O)O)C(C)C)C(=O)N1Cc2ccccc2C[C@H]1C(=O)O. The van der Waals surface area contributed by atoms with E-state index in [1.807, 2.05) is 24.3 Å². The summed E-state index contributed by atoms with van der Waals surface area (Å²) in [6.07, 6.45) is 0.251. The number of carbonyl (C=O) groups excluding carboxylic acids is 1. The summed E-state index contributed by atoms with van der Waals surface area (Å²) < 4.78 is 0. The number of nitrogens with zero attached hydrogens (tertiary/aromatic N) is 2. The fraction of sp³-hybridized carbons (Fsp3) is 0.526. The van der Waals surface area contributed by atoms with E-state index in [1.165, 1.54) is 9.80 Å². The Labute approximate surface area is 153 Å². The molecular weight excluding hydrogens is 336 g/mol. The summed E-state index contributed by atoms with van der Waals surface area (Å²) in [5.41, 5.74) is 1.85. The Hall–Kier alpha value is -2.57. The van der Waals surface area contributed by atoms with E-state index in [0.29, 0.717) is 6.54 Å². The van der Waals surface area contributed by atoms with Crippen molar-refractivity contribution in [2.75, 3.05) is 13.1 Å². The number of benzene rings is 1. The van der Waals surface area contributed by atoms with Crippen LogP contribution in [0.4, 0.5) is 4.79 Å². The zero-order valence-electron chi connectivity index (χ0n) is 15.4. The maximum Gasteiger partial charge on any atom is 0.326 e. The molecule has 142 valence electrons. The molecule has 1 aliphatic rings. The first-order chi connectivity index (χ1) is 12.3. The molecule has 0 saturated carbocycles. The lowest BCUT2D eigenvalue weighted by atomic mass is 9.93. The van der Waals surface area contributed by atoms with Gasteiger partial charge >= 0.3 is 18.0 Å². The van der Waals surface area contributed by atoms with E-state index in [0.717, 1.165) is 11.1 Å². The Bertz CT molecular complexity index is 688. The van der Waals surface area contributed by atoms with Crippen LogP contribution in [-0.2, 0) is 22.6 Å². The van der Waals surface area contributed by atoms with Gasteiger partial charge in [0.15, 0.2) is 0 Å². The standard InChI is InChI=1S/C19H26N2O5/c1-4-20(11-15(12(2)3)17(22)23)19(26)21-10-14-8-6-5-7-13(14)9-16(21)18(24)25/h5-8,12,15-16H,4,9-11H2,1-3H3,(H,22,23)(H,24,25)/t15-,16-/m0/s1. The Morgan fingerprint density at radius 2 is 1.81 bits per heavy atom. The molecule has 0 saturated heterocycles. The molecule has 2 atom stereocenters. The number of aliphatic carboxylic acids is 2. The van der Waals surface area contributed by atoms with E-state index in [-0.39, 0.29) is 25.4 Å². The lowest BCUT2D eigenvalue weighted by molar-refractivity contribution is -0.145. The Balaban J connectivity index is 2.26. The normalized spacial score (nSPS) is 17.5. The number of amides is 2. The van der Waals surface area contributed by atoms with Crippen molar-refractivity contribution < 1.29 is 24.6 Å². The van der Waals surface area contributed by atoms with Crippen LogP contribution in [-0.4, -0.2) is 57.1 Å². The van der Waals surface area contributed by atoms with Crippen molar-refractivity contribution in [2.45, 2.75) is 39.8 Å². The molecule has 0 aromatic heterocycles. The second-order valence-electron chi connectivity index (χ2n) is 6.96. The second-order valence-corrected chi connectivity index (χ2v) is 6.96. The van der Waals surface area contributed by atoms with Gasteiger partial charge < -0.3 is 20.0 Å². The summed E-state index contributed by atoms with van der Waals surface area (Å²) in [5, 5.41) is 19.0. The van der Waals surface area contributed by atoms with Gasteiger partial charge in [0.1, 0.15) is 6.04 Å². The molecule has 0 radical (unpaired) electrons. The third kappa shape index (κ3) is 4.15. The number of rotatable bonds is 6. The molecule has 1 aromatic carbocycles. The van der Waals surface area contributed by atoms with Gasteiger partial charge in [-0.15, -0.1) is 0 Å². The number of carboxylic acid groups (broad SMARTS) is 2. The molecule has 7 nitrogen and oxygen atoms in total. The third-order valence-corrected chi connectivity index (χ3v) is 4.97. The second kappa shape index (κ2) is 8.21. The highest BCUT2D eigenvalue weighted by molar-refractivity contribution is 5.84. The van der Waals surface area contributed by atoms with Crippen molar-refractivity contribution in [3.05, 3.63) is 35.4 Å². The lowest BCUT2D eigenvalue weighted by Crippen LogP contribution is -2.54. The van der Waals surface area contributed by atoms with Gasteiger partial charge in [-0.1, -0.05) is 38.1 Å². The first kappa shape index (κ1) is 19.8. The smallest absolute Gasteiger partial charge is 0.326 e. The maximum absolute atomic E-state index is 13.0. The first-order valence-electron chi connectivity index (χ1n) is 8.84. The summed E-state index contributed by atoms with van der Waals surface area (Å²) in [5.74, 6) is -2.83. The third-order valence-electron chi connectivity index (χ3n) is 4.97. The van der Waals surface area contributed by atoms with E-state index in [1.54, 1.807) is 20.8 Å². The Kier molecular flexibility index (Phi) is 6.23. The van der Waals surface area contributed by atoms with Crippen LogP contribution in [0.3, 0.4) is 0 Å². The molecule has 1 heterocycles. The minimum atomic E-state index is -1.05. The zero-order chi connectivity index (χ0) is 19.4. The summed E-state index contributed by atoms with van der Waals surface area (Å²) in [4.78, 5) is 39.0. The number of hydrogen-bond acceptors (Lipinski definition) is 3. The molecule has 2 rings (SSSR count). The van der Waals surface area contributed by atoms with Gasteiger partial charge in [0, 0.05) is 26.1 Å². The van der Waals surface area contributed by atoms with E-state index in [4.69, 9.17) is 0 Å². The molecule has 0 spiro atoms. The Morgan fingerprint density at radius 1 is 1.19 bits per heavy atom. The maximum atomic E-state index is 13.0. The van der Waals surface area contributed by atoms with E-state index in [9.17, 15) is 24.6 Å². The zero-order valence-corrected chi connectivity index (χ0v) is 15.4. The van der Waals surface area contributed by atoms with Crippen LogP contribution in [0.1, 0.15) is 31.9 Å². The average Bonchev–Trinajstić information content (AvgIpc) is 2.60. The summed E-state index contributed by atoms with van der Waals surface area (Å²) in [6.45, 7) is 5.96. The quantitative estimate of drug-likeness (QED) is 0.809. The molecule has 0 aliphatic carbocycles. The highest BCUT2D eigenvalue weighted by atomic mass is 16.4. The van der Waals surface area contributed by atoms with E-state index in [2.05, 4.69) is 0 Å². The van der Waals surface area contributed by atoms with Crippen molar-refractivity contribution in [1.29, 1.82) is 0 Å². The molecule has 1 aromatic rings. The summed E-state index contributed by atoms with van der Waals surface area (Å²) in [6, 6.07) is 6.10. The van der Waals surface area contributed by atoms with Crippen LogP contribution in [0.2, 0.25) is 0 Å². The van der Waals surface area contributed by atoms with Crippen LogP contribution in [0.15, 0.2) is 24.3 Å². The molecule has 2 amide bonds. The molecule has 26 heavy (non-hydrogen) atoms. The topological polar surface area (TPSA) is 98.2 Å². The first-order valence-corrected chi connectivity index (χ1v) is 8.84. The number of carboxylic acids is 2. The monoisotopic (exact) mass is 362 g/mol. The van der Waals surface area contributed by atoms with Gasteiger partial charge in [-0.2, -0.15) is 0 Å². The fourth-order valence-electron chi connectivity index (χ4n) is 3.28. The van der Waals surface area contributed by atoms with Crippen molar-refractivity contribution >= 4 is 18.0 Å². The van der Waals surface area contributed by atoms with Crippen LogP contribution in [0.5, 0.6) is 0 Å². The number of fused-ring (bicyclic) bond motifs is 1. The summed E-state index contributed by atoms with van der Waals surface area (Å²) in [7, 11) is 0. The van der Waals surface area contributed by atoms with Crippen molar-refractivity contribution in [1.82, 2.24) is 9.80 Å². The van der Waals surface area contributed by atoms with Crippen LogP contribution in [0.25, 0.3) is 0 Å². The van der Waals surface area contributed by atoms with E-state index >= 15 is 0 Å². The number of carbonyl (C=O) groups is 3. The average molecular weight is 362 g/mol. The van der Waals surface area contributed by atoms with Crippen LogP contribution < -0.4 is 0 Å².